The normalized spacial score (nSPS) is 16.2. The lowest BCUT2D eigenvalue weighted by Gasteiger charge is -2.31. The molecular weight excluding hydrogens is 330 g/mol. The van der Waals surface area contributed by atoms with Gasteiger partial charge in [-0.2, -0.15) is 0 Å². The Morgan fingerprint density at radius 1 is 1.31 bits per heavy atom. The predicted octanol–water partition coefficient (Wildman–Crippen LogP) is 1.79. The van der Waals surface area contributed by atoms with Gasteiger partial charge in [0.25, 0.3) is 0 Å². The molecule has 144 valence electrons. The van der Waals surface area contributed by atoms with Gasteiger partial charge in [0.05, 0.1) is 24.8 Å². The Morgan fingerprint density at radius 3 is 2.65 bits per heavy atom. The van der Waals surface area contributed by atoms with E-state index in [1.165, 1.54) is 0 Å². The highest BCUT2D eigenvalue weighted by atomic mass is 16.5. The second kappa shape index (κ2) is 9.40. The van der Waals surface area contributed by atoms with Gasteiger partial charge in [0.15, 0.2) is 5.96 Å². The molecule has 1 aliphatic rings. The molecule has 0 bridgehead atoms. The number of aliphatic imine (C=N–C) groups is 1. The maximum absolute atomic E-state index is 12.7. The van der Waals surface area contributed by atoms with Gasteiger partial charge in [-0.05, 0) is 25.8 Å². The summed E-state index contributed by atoms with van der Waals surface area (Å²) in [5, 5.41) is 6.62. The van der Waals surface area contributed by atoms with Gasteiger partial charge in [-0.15, -0.1) is 0 Å². The lowest BCUT2D eigenvalue weighted by Crippen LogP contribution is -2.49. The van der Waals surface area contributed by atoms with E-state index in [0.717, 1.165) is 37.9 Å². The fourth-order valence-corrected chi connectivity index (χ4v) is 3.41. The third-order valence-corrected chi connectivity index (χ3v) is 4.75. The quantitative estimate of drug-likeness (QED) is 0.572. The molecule has 2 N–H and O–H groups in total. The maximum Gasteiger partial charge on any atom is 0.230 e. The molecule has 7 heteroatoms. The number of carbonyl (C=O) groups excluding carboxylic acids is 1. The van der Waals surface area contributed by atoms with Crippen LogP contribution in [0.15, 0.2) is 23.2 Å². The standard InChI is InChI=1S/C19H31N5O2/c1-5-20-18(21-13-15-9-8-10-16(23-15)26-4)22-14-19(11-6-7-12-19)17(25)24(2)3/h8-10H,5-7,11-14H2,1-4H3,(H2,20,21,22). The van der Waals surface area contributed by atoms with Crippen molar-refractivity contribution >= 4 is 11.9 Å². The molecule has 2 rings (SSSR count). The van der Waals surface area contributed by atoms with Gasteiger partial charge < -0.3 is 20.3 Å². The summed E-state index contributed by atoms with van der Waals surface area (Å²) in [6.45, 7) is 3.83. The molecule has 1 aromatic heterocycles. The highest BCUT2D eigenvalue weighted by Gasteiger charge is 2.42. The fraction of sp³-hybridized carbons (Fsp3) is 0.632. The fourth-order valence-electron chi connectivity index (χ4n) is 3.41. The summed E-state index contributed by atoms with van der Waals surface area (Å²) >= 11 is 0. The van der Waals surface area contributed by atoms with Gasteiger partial charge in [-0.1, -0.05) is 18.9 Å². The predicted molar refractivity (Wildman–Crippen MR) is 103 cm³/mol. The van der Waals surface area contributed by atoms with E-state index in [0.29, 0.717) is 24.9 Å². The Balaban J connectivity index is 2.05. The van der Waals surface area contributed by atoms with Crippen molar-refractivity contribution in [1.82, 2.24) is 20.5 Å². The van der Waals surface area contributed by atoms with Crippen LogP contribution < -0.4 is 15.4 Å². The van der Waals surface area contributed by atoms with Gasteiger partial charge in [-0.3, -0.25) is 4.79 Å². The number of aromatic nitrogens is 1. The summed E-state index contributed by atoms with van der Waals surface area (Å²) in [4.78, 5) is 23.4. The van der Waals surface area contributed by atoms with E-state index in [4.69, 9.17) is 4.74 Å². The van der Waals surface area contributed by atoms with Crippen molar-refractivity contribution in [2.75, 3.05) is 34.3 Å². The first kappa shape index (κ1) is 20.0. The van der Waals surface area contributed by atoms with Crippen molar-refractivity contribution < 1.29 is 9.53 Å². The number of carbonyl (C=O) groups is 1. The van der Waals surface area contributed by atoms with E-state index in [2.05, 4.69) is 20.6 Å². The van der Waals surface area contributed by atoms with Crippen LogP contribution in [0.3, 0.4) is 0 Å². The first-order chi connectivity index (χ1) is 12.5. The van der Waals surface area contributed by atoms with E-state index in [1.54, 1.807) is 12.0 Å². The van der Waals surface area contributed by atoms with Crippen LogP contribution in [0, 0.1) is 5.41 Å². The van der Waals surface area contributed by atoms with Crippen molar-refractivity contribution in [2.45, 2.75) is 39.2 Å². The van der Waals surface area contributed by atoms with Crippen LogP contribution in [0.25, 0.3) is 0 Å². The molecule has 1 amide bonds. The average molecular weight is 361 g/mol. The molecule has 1 aromatic rings. The number of methoxy groups -OCH3 is 1. The van der Waals surface area contributed by atoms with Crippen molar-refractivity contribution in [1.29, 1.82) is 0 Å². The largest absolute Gasteiger partial charge is 0.481 e. The maximum atomic E-state index is 12.7. The topological polar surface area (TPSA) is 78.9 Å². The van der Waals surface area contributed by atoms with Crippen molar-refractivity contribution in [3.8, 4) is 5.88 Å². The number of amides is 1. The van der Waals surface area contributed by atoms with Crippen molar-refractivity contribution in [3.63, 3.8) is 0 Å². The Labute approximate surface area is 156 Å². The Morgan fingerprint density at radius 2 is 2.04 bits per heavy atom. The molecule has 1 saturated carbocycles. The van der Waals surface area contributed by atoms with Crippen LogP contribution in [0.5, 0.6) is 5.88 Å². The number of hydrogen-bond donors (Lipinski definition) is 2. The Kier molecular flexibility index (Phi) is 7.24. The van der Waals surface area contributed by atoms with Crippen molar-refractivity contribution in [2.24, 2.45) is 10.4 Å². The van der Waals surface area contributed by atoms with Gasteiger partial charge >= 0.3 is 0 Å². The van der Waals surface area contributed by atoms with Crippen LogP contribution in [0.1, 0.15) is 38.3 Å². The minimum atomic E-state index is -0.325. The van der Waals surface area contributed by atoms with Crippen molar-refractivity contribution in [3.05, 3.63) is 23.9 Å². The lowest BCUT2D eigenvalue weighted by molar-refractivity contribution is -0.138. The van der Waals surface area contributed by atoms with Crippen LogP contribution >= 0.6 is 0 Å². The molecule has 0 spiro atoms. The Hall–Kier alpha value is -2.31. The molecule has 1 fully saturated rings. The van der Waals surface area contributed by atoms with Crippen LogP contribution in [0.2, 0.25) is 0 Å². The number of nitrogens with zero attached hydrogens (tertiary/aromatic N) is 3. The number of nitrogens with one attached hydrogen (secondary N) is 2. The number of pyridine rings is 1. The third kappa shape index (κ3) is 5.09. The van der Waals surface area contributed by atoms with Gasteiger partial charge in [-0.25, -0.2) is 9.98 Å². The van der Waals surface area contributed by atoms with Crippen LogP contribution in [-0.2, 0) is 11.3 Å². The molecule has 0 aliphatic heterocycles. The number of guanidine groups is 1. The summed E-state index contributed by atoms with van der Waals surface area (Å²) in [5.41, 5.74) is 0.509. The Bertz CT molecular complexity index is 624. The second-order valence-corrected chi connectivity index (χ2v) is 6.91. The molecule has 0 aromatic carbocycles. The molecule has 7 nitrogen and oxygen atoms in total. The molecule has 0 unspecified atom stereocenters. The number of rotatable bonds is 7. The summed E-state index contributed by atoms with van der Waals surface area (Å²) in [6, 6.07) is 5.64. The summed E-state index contributed by atoms with van der Waals surface area (Å²) < 4.78 is 5.15. The second-order valence-electron chi connectivity index (χ2n) is 6.91. The monoisotopic (exact) mass is 361 g/mol. The van der Waals surface area contributed by atoms with Gasteiger partial charge in [0.2, 0.25) is 11.8 Å². The molecule has 0 atom stereocenters. The molecule has 0 saturated heterocycles. The zero-order valence-corrected chi connectivity index (χ0v) is 16.3. The first-order valence-electron chi connectivity index (χ1n) is 9.24. The van der Waals surface area contributed by atoms with E-state index >= 15 is 0 Å². The number of hydrogen-bond acceptors (Lipinski definition) is 4. The van der Waals surface area contributed by atoms with E-state index in [-0.39, 0.29) is 11.3 Å². The average Bonchev–Trinajstić information content (AvgIpc) is 3.13. The zero-order valence-electron chi connectivity index (χ0n) is 16.3. The highest BCUT2D eigenvalue weighted by Crippen LogP contribution is 2.38. The van der Waals surface area contributed by atoms with Crippen LogP contribution in [-0.4, -0.2) is 56.0 Å². The minimum absolute atomic E-state index is 0.202. The highest BCUT2D eigenvalue weighted by molar-refractivity contribution is 5.85. The lowest BCUT2D eigenvalue weighted by atomic mass is 9.84. The summed E-state index contributed by atoms with van der Waals surface area (Å²) in [6.07, 6.45) is 4.05. The van der Waals surface area contributed by atoms with E-state index < -0.39 is 0 Å². The minimum Gasteiger partial charge on any atom is -0.481 e. The number of ether oxygens (including phenoxy) is 1. The molecule has 26 heavy (non-hydrogen) atoms. The smallest absolute Gasteiger partial charge is 0.230 e. The summed E-state index contributed by atoms with van der Waals surface area (Å²) in [5.74, 6) is 1.49. The third-order valence-electron chi connectivity index (χ3n) is 4.75. The molecule has 1 aliphatic carbocycles. The van der Waals surface area contributed by atoms with Gasteiger partial charge in [0, 0.05) is 33.3 Å². The zero-order chi connectivity index (χ0) is 19.0. The van der Waals surface area contributed by atoms with Crippen LogP contribution in [0.4, 0.5) is 0 Å². The van der Waals surface area contributed by atoms with Gasteiger partial charge in [0.1, 0.15) is 0 Å². The van der Waals surface area contributed by atoms with E-state index in [9.17, 15) is 4.79 Å². The molecule has 1 heterocycles. The molecule has 0 radical (unpaired) electrons. The molecular formula is C19H31N5O2. The summed E-state index contributed by atoms with van der Waals surface area (Å²) in [7, 11) is 5.26. The van der Waals surface area contributed by atoms with E-state index in [1.807, 2.05) is 39.2 Å². The first-order valence-corrected chi connectivity index (χ1v) is 9.24. The SMILES string of the molecule is CCNC(=NCc1cccc(OC)n1)NCC1(C(=O)N(C)C)CCCC1.